The topological polar surface area (TPSA) is 176 Å². The van der Waals surface area contributed by atoms with Gasteiger partial charge in [-0.1, -0.05) is 50.7 Å². The van der Waals surface area contributed by atoms with E-state index >= 15 is 0 Å². The Morgan fingerprint density at radius 3 is 1.35 bits per heavy atom. The van der Waals surface area contributed by atoms with E-state index in [2.05, 4.69) is 43.6 Å². The van der Waals surface area contributed by atoms with Crippen LogP contribution in [0.1, 0.15) is 111 Å². The lowest BCUT2D eigenvalue weighted by atomic mass is 9.85. The van der Waals surface area contributed by atoms with E-state index in [0.29, 0.717) is 21.6 Å². The van der Waals surface area contributed by atoms with Crippen molar-refractivity contribution in [3.63, 3.8) is 0 Å². The highest BCUT2D eigenvalue weighted by Crippen LogP contribution is 2.38. The zero-order valence-electron chi connectivity index (χ0n) is 42.8. The second-order valence-corrected chi connectivity index (χ2v) is 23.5. The van der Waals surface area contributed by atoms with E-state index in [1.54, 1.807) is 30.6 Å². The fourth-order valence-corrected chi connectivity index (χ4v) is 13.6. The van der Waals surface area contributed by atoms with Gasteiger partial charge in [-0.15, -0.1) is 0 Å². The number of carbonyl (C=O) groups excluding carboxylic acids is 2. The van der Waals surface area contributed by atoms with Crippen LogP contribution in [0.5, 0.6) is 0 Å². The molecule has 10 rings (SSSR count). The molecular formula is C54H51ClF10N8O6S2. The Morgan fingerprint density at radius 1 is 0.531 bits per heavy atom. The van der Waals surface area contributed by atoms with Gasteiger partial charge in [0.05, 0.1) is 42.0 Å². The molecule has 2 aromatic carbocycles. The number of halogens is 11. The van der Waals surface area contributed by atoms with Crippen LogP contribution in [0.2, 0.25) is 0 Å². The number of rotatable bonds is 14. The van der Waals surface area contributed by atoms with Crippen LogP contribution in [0.3, 0.4) is 0 Å². The van der Waals surface area contributed by atoms with Gasteiger partial charge in [0, 0.05) is 44.1 Å². The molecule has 81 heavy (non-hydrogen) atoms. The van der Waals surface area contributed by atoms with E-state index in [1.807, 2.05) is 24.4 Å². The highest BCUT2D eigenvalue weighted by atomic mass is 35.5. The van der Waals surface area contributed by atoms with Crippen LogP contribution in [0.15, 0.2) is 95.5 Å². The van der Waals surface area contributed by atoms with E-state index in [-0.39, 0.29) is 36.8 Å². The SMILES string of the molecule is O=C(Cl)[C@H]1CCN1S(=O)(=O)c1c(F)c(F)c(F)c(F)c1F.O=C([C@H]1CCN1S(=O)(=O)c1c(F)c(F)c(F)c(F)c1F)N(Cc1ccc(C2CCCCC2)cn1)c1cccnc1.c1cncc(NCc2ccc(C3CCCCC3)cn2)c1. The largest absolute Gasteiger partial charge is 0.378 e. The molecule has 432 valence electrons. The number of amides is 1. The molecule has 2 atom stereocenters. The standard InChI is InChI=1S/C27H25F5N4O3S.C17H21N3.C10H5ClF5NO3S/c28-21-22(29)24(31)26(25(32)23(21)30)40(38,39)36-12-10-20(36)27(37)35(19-7-4-11-33-14-19)15-18-9-8-17(13-34-18)16-5-2-1-3-6-16;1-2-5-14(6-3-1)15-8-9-17(19-11-15)13-20-16-7-4-10-18-12-16;11-10(18)3-1-2-17(3)21(19,20)9-7(15)5(13)4(12)6(14)8(9)16/h4,7-9,11,13-14,16,20H,1-3,5-6,10,12,15H2;4,7-12,14,20H,1-3,5-6,13H2;3H,1-2H2/t20-;;3-/m1.1/s1. The molecule has 14 nitrogen and oxygen atoms in total. The molecule has 2 saturated heterocycles. The summed E-state index contributed by atoms with van der Waals surface area (Å²) in [6.45, 7) is -0.00255. The lowest BCUT2D eigenvalue weighted by molar-refractivity contribution is -0.125. The van der Waals surface area contributed by atoms with Gasteiger partial charge in [0.1, 0.15) is 12.1 Å². The summed E-state index contributed by atoms with van der Waals surface area (Å²) < 4.78 is 187. The molecule has 0 radical (unpaired) electrons. The average molecular weight is 1200 g/mol. The first-order chi connectivity index (χ1) is 38.6. The highest BCUT2D eigenvalue weighted by molar-refractivity contribution is 7.89. The van der Waals surface area contributed by atoms with Gasteiger partial charge in [-0.05, 0) is 109 Å². The Hall–Kier alpha value is -6.61. The van der Waals surface area contributed by atoms with Crippen molar-refractivity contribution in [2.24, 2.45) is 0 Å². The molecule has 27 heteroatoms. The number of pyridine rings is 4. The third-order valence-electron chi connectivity index (χ3n) is 14.5. The number of carbonyl (C=O) groups is 2. The quantitative estimate of drug-likeness (QED) is 0.0475. The Kier molecular flexibility index (Phi) is 19.5. The number of anilines is 2. The van der Waals surface area contributed by atoms with Crippen molar-refractivity contribution in [3.05, 3.63) is 166 Å². The van der Waals surface area contributed by atoms with E-state index in [1.165, 1.54) is 61.4 Å². The molecule has 0 unspecified atom stereocenters. The number of sulfonamides is 2. The average Bonchev–Trinajstić information content (AvgIpc) is 3.45. The summed E-state index contributed by atoms with van der Waals surface area (Å²) in [7, 11) is -10.4. The number of nitrogens with zero attached hydrogens (tertiary/aromatic N) is 7. The fourth-order valence-electron chi connectivity index (χ4n) is 9.87. The summed E-state index contributed by atoms with van der Waals surface area (Å²) in [5.74, 6) is -24.1. The zero-order chi connectivity index (χ0) is 58.3. The Morgan fingerprint density at radius 2 is 0.963 bits per heavy atom. The van der Waals surface area contributed by atoms with Crippen LogP contribution in [0, 0.1) is 58.2 Å². The Bertz CT molecular complexity index is 3410. The van der Waals surface area contributed by atoms with Crippen LogP contribution in [0.25, 0.3) is 0 Å². The predicted octanol–water partition coefficient (Wildman–Crippen LogP) is 11.3. The lowest BCUT2D eigenvalue weighted by Crippen LogP contribution is -2.59. The van der Waals surface area contributed by atoms with Crippen LogP contribution >= 0.6 is 11.6 Å². The van der Waals surface area contributed by atoms with E-state index in [9.17, 15) is 70.3 Å². The van der Waals surface area contributed by atoms with Crippen molar-refractivity contribution in [1.29, 1.82) is 0 Å². The Labute approximate surface area is 464 Å². The first-order valence-corrected chi connectivity index (χ1v) is 28.9. The summed E-state index contributed by atoms with van der Waals surface area (Å²) in [6, 6.07) is 12.4. The maximum Gasteiger partial charge on any atom is 0.249 e. The minimum absolute atomic E-state index is 0.0169. The number of hydrogen-bond donors (Lipinski definition) is 1. The summed E-state index contributed by atoms with van der Waals surface area (Å²) in [5.41, 5.74) is 5.44. The third kappa shape index (κ3) is 13.2. The van der Waals surface area contributed by atoms with Gasteiger partial charge < -0.3 is 10.2 Å². The molecule has 2 aliphatic carbocycles. The fraction of sp³-hybridized carbons (Fsp3) is 0.370. The molecule has 1 N–H and O–H groups in total. The summed E-state index contributed by atoms with van der Waals surface area (Å²) >= 11 is 5.09. The second kappa shape index (κ2) is 26.1. The van der Waals surface area contributed by atoms with E-state index in [0.717, 1.165) is 55.1 Å². The summed E-state index contributed by atoms with van der Waals surface area (Å²) in [4.78, 5) is 39.0. The third-order valence-corrected chi connectivity index (χ3v) is 18.6. The van der Waals surface area contributed by atoms with Gasteiger partial charge in [0.25, 0.3) is 0 Å². The summed E-state index contributed by atoms with van der Waals surface area (Å²) in [6.07, 6.45) is 22.7. The van der Waals surface area contributed by atoms with Crippen molar-refractivity contribution in [2.45, 2.75) is 124 Å². The zero-order valence-corrected chi connectivity index (χ0v) is 45.1. The molecule has 0 spiro atoms. The molecule has 1 amide bonds. The van der Waals surface area contributed by atoms with Crippen molar-refractivity contribution in [3.8, 4) is 0 Å². The van der Waals surface area contributed by atoms with Crippen molar-refractivity contribution < 1.29 is 70.3 Å². The highest BCUT2D eigenvalue weighted by Gasteiger charge is 2.49. The molecule has 4 aliphatic rings. The van der Waals surface area contributed by atoms with Gasteiger partial charge in [-0.2, -0.15) is 8.61 Å². The smallest absolute Gasteiger partial charge is 0.249 e. The molecule has 6 heterocycles. The van der Waals surface area contributed by atoms with Crippen molar-refractivity contribution in [1.82, 2.24) is 28.5 Å². The van der Waals surface area contributed by atoms with Gasteiger partial charge in [0.2, 0.25) is 42.8 Å². The molecule has 0 bridgehead atoms. The monoisotopic (exact) mass is 1200 g/mol. The normalized spacial score (nSPS) is 18.1. The van der Waals surface area contributed by atoms with Crippen LogP contribution in [-0.2, 0) is 42.7 Å². The molecular weight excluding hydrogens is 1150 g/mol. The molecule has 2 aliphatic heterocycles. The predicted molar refractivity (Wildman–Crippen MR) is 275 cm³/mol. The molecule has 6 aromatic rings. The number of benzene rings is 2. The van der Waals surface area contributed by atoms with Crippen LogP contribution < -0.4 is 10.2 Å². The maximum absolute atomic E-state index is 14.4. The van der Waals surface area contributed by atoms with Gasteiger partial charge in [0.15, 0.2) is 56.3 Å². The van der Waals surface area contributed by atoms with Gasteiger partial charge in [-0.3, -0.25) is 29.5 Å². The molecule has 4 fully saturated rings. The van der Waals surface area contributed by atoms with Crippen LogP contribution in [0.4, 0.5) is 55.3 Å². The minimum atomic E-state index is -5.27. The lowest BCUT2D eigenvalue weighted by Gasteiger charge is -2.40. The molecule has 2 saturated carbocycles. The minimum Gasteiger partial charge on any atom is -0.378 e. The first-order valence-electron chi connectivity index (χ1n) is 25.6. The maximum atomic E-state index is 14.4. The van der Waals surface area contributed by atoms with Gasteiger partial charge in [-0.25, -0.2) is 60.7 Å². The number of hydrogen-bond acceptors (Lipinski definition) is 11. The first kappa shape index (κ1) is 60.5. The number of aromatic nitrogens is 4. The van der Waals surface area contributed by atoms with Gasteiger partial charge >= 0.3 is 0 Å². The van der Waals surface area contributed by atoms with Crippen molar-refractivity contribution in [2.75, 3.05) is 23.3 Å². The number of nitrogens with one attached hydrogen (secondary N) is 1. The summed E-state index contributed by atoms with van der Waals surface area (Å²) in [5, 5.41) is 2.22. The molecule has 4 aromatic heterocycles. The second-order valence-electron chi connectivity index (χ2n) is 19.5. The van der Waals surface area contributed by atoms with Crippen LogP contribution in [-0.4, -0.2) is 81.7 Å². The Balaban J connectivity index is 0.000000176. The van der Waals surface area contributed by atoms with E-state index in [4.69, 9.17) is 11.6 Å². The van der Waals surface area contributed by atoms with Crippen molar-refractivity contribution >= 4 is 54.2 Å². The van der Waals surface area contributed by atoms with E-state index < -0.39 is 111 Å².